The van der Waals surface area contributed by atoms with Gasteiger partial charge in [0.2, 0.25) is 0 Å². The Morgan fingerprint density at radius 2 is 1.71 bits per heavy atom. The number of nitrogens with zero attached hydrogens (tertiary/aromatic N) is 2. The monoisotopic (exact) mass is 529 g/mol. The van der Waals surface area contributed by atoms with Crippen LogP contribution in [-0.2, 0) is 16.8 Å². The zero-order valence-corrected chi connectivity index (χ0v) is 22.7. The smallest absolute Gasteiger partial charge is 0.270 e. The van der Waals surface area contributed by atoms with Gasteiger partial charge in [-0.2, -0.15) is 0 Å². The van der Waals surface area contributed by atoms with Crippen LogP contribution < -0.4 is 10.9 Å². The Balaban J connectivity index is 1.43. The van der Waals surface area contributed by atoms with Crippen molar-refractivity contribution in [3.8, 4) is 0 Å². The second-order valence-electron chi connectivity index (χ2n) is 11.3. The average molecular weight is 530 g/mol. The predicted molar refractivity (Wildman–Crippen MR) is 150 cm³/mol. The van der Waals surface area contributed by atoms with Crippen LogP contribution in [0.15, 0.2) is 77.2 Å². The second-order valence-corrected chi connectivity index (χ2v) is 11.7. The summed E-state index contributed by atoms with van der Waals surface area (Å²) in [6.45, 7) is 7.97. The summed E-state index contributed by atoms with van der Waals surface area (Å²) in [5.74, 6) is -0.334. The van der Waals surface area contributed by atoms with Gasteiger partial charge < -0.3 is 14.8 Å². The number of hydrogen-bond donors (Lipinski definition) is 1. The van der Waals surface area contributed by atoms with E-state index in [4.69, 9.17) is 11.6 Å². The van der Waals surface area contributed by atoms with Crippen molar-refractivity contribution >= 4 is 29.5 Å². The largest absolute Gasteiger partial charge is 0.336 e. The highest BCUT2D eigenvalue weighted by Crippen LogP contribution is 2.35. The van der Waals surface area contributed by atoms with Gasteiger partial charge in [-0.3, -0.25) is 14.4 Å². The number of rotatable bonds is 4. The Morgan fingerprint density at radius 3 is 2.42 bits per heavy atom. The third-order valence-corrected chi connectivity index (χ3v) is 7.65. The summed E-state index contributed by atoms with van der Waals surface area (Å²) in [5.41, 5.74) is 3.46. The van der Waals surface area contributed by atoms with E-state index in [2.05, 4.69) is 26.1 Å². The van der Waals surface area contributed by atoms with Gasteiger partial charge in [0.25, 0.3) is 17.4 Å². The first-order valence-electron chi connectivity index (χ1n) is 13.0. The Kier molecular flexibility index (Phi) is 7.01. The van der Waals surface area contributed by atoms with E-state index >= 15 is 0 Å². The van der Waals surface area contributed by atoms with Crippen molar-refractivity contribution in [2.24, 2.45) is 5.92 Å². The van der Waals surface area contributed by atoms with Crippen molar-refractivity contribution in [3.05, 3.63) is 110 Å². The number of likely N-dealkylation sites (tertiary alicyclic amines) is 1. The maximum atomic E-state index is 13.9. The number of hydrogen-bond acceptors (Lipinski definition) is 3. The molecule has 2 atom stereocenters. The molecule has 0 radical (unpaired) electrons. The number of benzene rings is 2. The third-order valence-electron chi connectivity index (χ3n) is 7.42. The van der Waals surface area contributed by atoms with E-state index in [0.29, 0.717) is 30.2 Å². The Morgan fingerprint density at radius 1 is 0.974 bits per heavy atom. The Labute approximate surface area is 227 Å². The van der Waals surface area contributed by atoms with Gasteiger partial charge in [-0.1, -0.05) is 62.7 Å². The van der Waals surface area contributed by atoms with Crippen LogP contribution in [-0.4, -0.2) is 34.4 Å². The number of nitrogens with one attached hydrogen (secondary N) is 1. The number of amides is 2. The highest BCUT2D eigenvalue weighted by molar-refractivity contribution is 6.30. The molecule has 3 heterocycles. The lowest BCUT2D eigenvalue weighted by Gasteiger charge is -2.43. The SMILES string of the molecule is CC(C)(C)c1ccc(C(=O)NC(=Cc2cccc(Cl)c2)C(=O)N2CC3CC(C2)c2cccc(=O)n2C3)cc1. The van der Waals surface area contributed by atoms with Gasteiger partial charge in [0.15, 0.2) is 0 Å². The van der Waals surface area contributed by atoms with E-state index in [1.807, 2.05) is 34.9 Å². The molecular weight excluding hydrogens is 498 g/mol. The molecule has 6 nitrogen and oxygen atoms in total. The minimum absolute atomic E-state index is 0.00302. The first-order valence-corrected chi connectivity index (χ1v) is 13.3. The van der Waals surface area contributed by atoms with E-state index in [1.54, 1.807) is 47.4 Å². The molecule has 2 aromatic carbocycles. The van der Waals surface area contributed by atoms with Crippen molar-refractivity contribution in [1.29, 1.82) is 0 Å². The molecule has 0 aliphatic carbocycles. The lowest BCUT2D eigenvalue weighted by atomic mass is 9.83. The number of carbonyl (C=O) groups excluding carboxylic acids is 2. The zero-order chi connectivity index (χ0) is 27.0. The molecule has 2 bridgehead atoms. The third kappa shape index (κ3) is 5.46. The molecule has 0 saturated carbocycles. The molecule has 2 aliphatic heterocycles. The number of halogens is 1. The van der Waals surface area contributed by atoms with Gasteiger partial charge in [0, 0.05) is 47.9 Å². The molecule has 196 valence electrons. The van der Waals surface area contributed by atoms with Gasteiger partial charge in [-0.05, 0) is 65.3 Å². The van der Waals surface area contributed by atoms with Crippen LogP contribution in [0.1, 0.15) is 60.3 Å². The molecule has 2 amide bonds. The van der Waals surface area contributed by atoms with E-state index in [0.717, 1.165) is 23.2 Å². The summed E-state index contributed by atoms with van der Waals surface area (Å²) in [7, 11) is 0. The summed E-state index contributed by atoms with van der Waals surface area (Å²) in [5, 5.41) is 3.43. The first kappa shape index (κ1) is 26.0. The fourth-order valence-corrected chi connectivity index (χ4v) is 5.66. The quantitative estimate of drug-likeness (QED) is 0.471. The zero-order valence-electron chi connectivity index (χ0n) is 21.9. The maximum absolute atomic E-state index is 13.9. The highest BCUT2D eigenvalue weighted by Gasteiger charge is 2.37. The van der Waals surface area contributed by atoms with Gasteiger partial charge in [-0.15, -0.1) is 0 Å². The van der Waals surface area contributed by atoms with E-state index in [9.17, 15) is 14.4 Å². The fraction of sp³-hybridized carbons (Fsp3) is 0.323. The molecule has 7 heteroatoms. The van der Waals surface area contributed by atoms with E-state index < -0.39 is 0 Å². The summed E-state index contributed by atoms with van der Waals surface area (Å²) in [6, 6.07) is 20.0. The molecule has 0 spiro atoms. The molecule has 1 aromatic heterocycles. The highest BCUT2D eigenvalue weighted by atomic mass is 35.5. The summed E-state index contributed by atoms with van der Waals surface area (Å²) >= 11 is 6.20. The van der Waals surface area contributed by atoms with Crippen LogP contribution in [0, 0.1) is 5.92 Å². The lowest BCUT2D eigenvalue weighted by Crippen LogP contribution is -2.50. The number of carbonyl (C=O) groups is 2. The molecular formula is C31H32ClN3O3. The molecule has 2 aliphatic rings. The van der Waals surface area contributed by atoms with E-state index in [1.165, 1.54) is 0 Å². The number of piperidine rings is 1. The van der Waals surface area contributed by atoms with Crippen molar-refractivity contribution < 1.29 is 9.59 Å². The number of aromatic nitrogens is 1. The fourth-order valence-electron chi connectivity index (χ4n) is 5.46. The van der Waals surface area contributed by atoms with Crippen molar-refractivity contribution in [2.75, 3.05) is 13.1 Å². The van der Waals surface area contributed by atoms with Crippen LogP contribution in [0.5, 0.6) is 0 Å². The van der Waals surface area contributed by atoms with Crippen LogP contribution >= 0.6 is 11.6 Å². The van der Waals surface area contributed by atoms with Gasteiger partial charge in [0.05, 0.1) is 0 Å². The molecule has 1 saturated heterocycles. The molecule has 38 heavy (non-hydrogen) atoms. The topological polar surface area (TPSA) is 71.4 Å². The summed E-state index contributed by atoms with van der Waals surface area (Å²) in [6.07, 6.45) is 2.62. The van der Waals surface area contributed by atoms with Crippen molar-refractivity contribution in [2.45, 2.75) is 45.1 Å². The van der Waals surface area contributed by atoms with Gasteiger partial charge in [-0.25, -0.2) is 0 Å². The Bertz CT molecular complexity index is 1470. The Hall–Kier alpha value is -3.64. The second kappa shape index (κ2) is 10.3. The molecule has 3 aromatic rings. The molecule has 2 unspecified atom stereocenters. The minimum Gasteiger partial charge on any atom is -0.336 e. The van der Waals surface area contributed by atoms with E-state index in [-0.39, 0.29) is 40.3 Å². The average Bonchev–Trinajstić information content (AvgIpc) is 2.88. The van der Waals surface area contributed by atoms with Crippen LogP contribution in [0.2, 0.25) is 5.02 Å². The van der Waals surface area contributed by atoms with Crippen molar-refractivity contribution in [3.63, 3.8) is 0 Å². The molecule has 5 rings (SSSR count). The summed E-state index contributed by atoms with van der Waals surface area (Å²) < 4.78 is 1.84. The van der Waals surface area contributed by atoms with Gasteiger partial charge in [0.1, 0.15) is 5.70 Å². The maximum Gasteiger partial charge on any atom is 0.270 e. The normalized spacial score (nSPS) is 19.1. The molecule has 1 N–H and O–H groups in total. The lowest BCUT2D eigenvalue weighted by molar-refractivity contribution is -0.130. The van der Waals surface area contributed by atoms with Crippen LogP contribution in [0.4, 0.5) is 0 Å². The van der Waals surface area contributed by atoms with Crippen LogP contribution in [0.3, 0.4) is 0 Å². The van der Waals surface area contributed by atoms with Gasteiger partial charge >= 0.3 is 0 Å². The molecule has 1 fully saturated rings. The summed E-state index contributed by atoms with van der Waals surface area (Å²) in [4.78, 5) is 41.4. The minimum atomic E-state index is -0.346. The predicted octanol–water partition coefficient (Wildman–Crippen LogP) is 5.22. The standard InChI is InChI=1S/C31H32ClN3O3/c1-31(2,3)24-12-10-22(11-13-24)29(37)33-26(16-20-6-4-7-25(32)15-20)30(38)34-17-21-14-23(19-34)27-8-5-9-28(36)35(27)18-21/h4-13,15-16,21,23H,14,17-19H2,1-3H3,(H,33,37). The van der Waals surface area contributed by atoms with Crippen LogP contribution in [0.25, 0.3) is 6.08 Å². The number of pyridine rings is 1. The number of fused-ring (bicyclic) bond motifs is 4. The first-order chi connectivity index (χ1) is 18.1. The van der Waals surface area contributed by atoms with Crippen molar-refractivity contribution in [1.82, 2.24) is 14.8 Å².